The van der Waals surface area contributed by atoms with Gasteiger partial charge in [-0.05, 0) is 162 Å². The molecule has 4 amide bonds. The van der Waals surface area contributed by atoms with Crippen molar-refractivity contribution in [2.24, 2.45) is 0 Å². The van der Waals surface area contributed by atoms with Crippen molar-refractivity contribution in [3.63, 3.8) is 0 Å². The van der Waals surface area contributed by atoms with Gasteiger partial charge in [0.2, 0.25) is 0 Å². The number of rotatable bonds is 20. The first kappa shape index (κ1) is 61.1. The number of nitrogens with zero attached hydrogens (tertiary/aromatic N) is 4. The highest BCUT2D eigenvalue weighted by Crippen LogP contribution is 2.58. The van der Waals surface area contributed by atoms with Crippen molar-refractivity contribution in [1.82, 2.24) is 19.8 Å². The zero-order chi connectivity index (χ0) is 66.5. The average Bonchev–Trinajstić information content (AvgIpc) is 1.05. The summed E-state index contributed by atoms with van der Waals surface area (Å²) in [5, 5.41) is 2.09. The van der Waals surface area contributed by atoms with Crippen molar-refractivity contribution >= 4 is 78.7 Å². The monoisotopic (exact) mass is 1280 g/mol. The zero-order valence-electron chi connectivity index (χ0n) is 53.9. The lowest BCUT2D eigenvalue weighted by molar-refractivity contribution is -0.149. The lowest BCUT2D eigenvalue weighted by Gasteiger charge is -2.35. The summed E-state index contributed by atoms with van der Waals surface area (Å²) < 4.78 is 52.0. The molecule has 4 atom stereocenters. The Morgan fingerprint density at radius 1 is 0.385 bits per heavy atom. The lowest BCUT2D eigenvalue weighted by Crippen LogP contribution is -2.52. The Labute approximate surface area is 551 Å². The third-order valence-electron chi connectivity index (χ3n) is 18.3. The van der Waals surface area contributed by atoms with E-state index < -0.39 is 47.7 Å². The molecule has 0 radical (unpaired) electrons. The third kappa shape index (κ3) is 11.0. The second-order valence-electron chi connectivity index (χ2n) is 25.5. The van der Waals surface area contributed by atoms with Crippen LogP contribution in [0.2, 0.25) is 0 Å². The Hall–Kier alpha value is -11.1. The molecule has 2 saturated heterocycles. The van der Waals surface area contributed by atoms with E-state index in [1.54, 1.807) is 73.3 Å². The van der Waals surface area contributed by atoms with Gasteiger partial charge in [0.05, 0.1) is 35.5 Å². The Morgan fingerprint density at radius 3 is 0.906 bits per heavy atom. The van der Waals surface area contributed by atoms with Crippen molar-refractivity contribution in [1.29, 1.82) is 0 Å². The van der Waals surface area contributed by atoms with E-state index in [1.165, 1.54) is 0 Å². The van der Waals surface area contributed by atoms with Gasteiger partial charge in [-0.3, -0.25) is 38.9 Å². The van der Waals surface area contributed by atoms with E-state index in [-0.39, 0.29) is 105 Å². The number of amides is 4. The van der Waals surface area contributed by atoms with E-state index in [4.69, 9.17) is 37.9 Å². The molecule has 15 rings (SSSR count). The number of carbonyl (C=O) groups is 6. The second-order valence-corrected chi connectivity index (χ2v) is 25.5. The summed E-state index contributed by atoms with van der Waals surface area (Å²) in [5.41, 5.74) is 7.89. The van der Waals surface area contributed by atoms with E-state index in [0.29, 0.717) is 68.9 Å². The van der Waals surface area contributed by atoms with Gasteiger partial charge in [-0.1, -0.05) is 70.8 Å². The highest BCUT2D eigenvalue weighted by Gasteiger charge is 2.47. The minimum Gasteiger partial charge on any atom is -0.461 e. The fourth-order valence-corrected chi connectivity index (χ4v) is 13.5. The molecule has 480 valence electrons. The lowest BCUT2D eigenvalue weighted by atomic mass is 9.80. The van der Waals surface area contributed by atoms with Crippen LogP contribution in [0.15, 0.2) is 146 Å². The summed E-state index contributed by atoms with van der Waals surface area (Å²) in [6.07, 6.45) is 5.32. The predicted octanol–water partition coefficient (Wildman–Crippen LogP) is 14.5. The van der Waals surface area contributed by atoms with E-state index in [2.05, 4.69) is 9.97 Å². The topological polar surface area (TPSA) is 215 Å². The molecular formula is C78H64N4O14. The van der Waals surface area contributed by atoms with Crippen LogP contribution in [0.5, 0.6) is 46.0 Å². The Balaban J connectivity index is 1.10. The Bertz CT molecular complexity index is 4570. The molecule has 0 spiro atoms. The van der Waals surface area contributed by atoms with Crippen LogP contribution in [-0.2, 0) is 41.4 Å². The molecule has 4 unspecified atom stereocenters. The molecule has 4 aliphatic rings. The van der Waals surface area contributed by atoms with Crippen LogP contribution >= 0.6 is 0 Å². The molecular weight excluding hydrogens is 1220 g/mol. The summed E-state index contributed by atoms with van der Waals surface area (Å²) in [5.74, 6) is -3.02. The molecule has 18 heteroatoms. The number of epoxide rings is 2. The molecule has 96 heavy (non-hydrogen) atoms. The van der Waals surface area contributed by atoms with Crippen LogP contribution in [0.3, 0.4) is 0 Å². The number of esters is 2. The van der Waals surface area contributed by atoms with Crippen molar-refractivity contribution in [2.45, 2.75) is 92.5 Å². The average molecular weight is 1280 g/mol. The first-order valence-corrected chi connectivity index (χ1v) is 31.8. The van der Waals surface area contributed by atoms with E-state index in [1.807, 2.05) is 128 Å². The molecule has 11 aromatic rings. The van der Waals surface area contributed by atoms with Crippen molar-refractivity contribution in [3.05, 3.63) is 224 Å². The van der Waals surface area contributed by atoms with Gasteiger partial charge >= 0.3 is 11.9 Å². The largest absolute Gasteiger partial charge is 0.461 e. The number of hydrogen-bond acceptors (Lipinski definition) is 16. The number of benzene rings is 9. The van der Waals surface area contributed by atoms with Gasteiger partial charge in [0.25, 0.3) is 23.6 Å². The fraction of sp³-hybridized carbons (Fsp3) is 0.231. The van der Waals surface area contributed by atoms with E-state index in [0.717, 1.165) is 54.3 Å². The number of ether oxygens (including phenoxy) is 8. The first-order chi connectivity index (χ1) is 46.3. The number of fused-ring (bicyclic) bond motifs is 2. The molecule has 2 aromatic heterocycles. The van der Waals surface area contributed by atoms with Crippen molar-refractivity contribution in [2.75, 3.05) is 26.4 Å². The van der Waals surface area contributed by atoms with Crippen LogP contribution in [0.25, 0.3) is 43.1 Å². The molecule has 9 aromatic carbocycles. The van der Waals surface area contributed by atoms with Crippen LogP contribution in [0.1, 0.15) is 97.1 Å². The van der Waals surface area contributed by atoms with Gasteiger partial charge in [0.15, 0.2) is 0 Å². The maximum Gasteiger partial charge on any atom is 0.329 e. The van der Waals surface area contributed by atoms with E-state index >= 15 is 19.2 Å². The molecule has 4 aliphatic heterocycles. The molecule has 0 N–H and O–H groups in total. The molecule has 2 fully saturated rings. The minimum atomic E-state index is -1.51. The minimum absolute atomic E-state index is 0.00963. The number of aromatic nitrogens is 2. The highest BCUT2D eigenvalue weighted by atomic mass is 16.6. The number of hydrogen-bond donors (Lipinski definition) is 0. The van der Waals surface area contributed by atoms with Crippen LogP contribution in [0.4, 0.5) is 0 Å². The van der Waals surface area contributed by atoms with Gasteiger partial charge in [-0.25, -0.2) is 9.59 Å². The van der Waals surface area contributed by atoms with Crippen molar-refractivity contribution < 1.29 is 66.7 Å². The Kier molecular flexibility index (Phi) is 15.3. The summed E-state index contributed by atoms with van der Waals surface area (Å²) in [4.78, 5) is 105. The standard InChI is InChI=1S/C78H64N4O14/c1-39-9-13-57(43(5)25-39)93-61-31-51-65-52(74(84)81(73(51)83)55(29-47-17-21-79-22-18-47)77(87)91-37-49-35-89-49)33-63(95-59-15-11-41(3)27-45(59)7)69-70-64(96-60-16-12-42(4)28-46(60)8)34-54-66-53(32-62(68(72(66)70)67(61)71(65)69)94-58-14-10-40(2)26-44(58)6)75(85)82(76(54)86)56(30-48-19-23-80-24-20-48)78(88)92-38-50-36-90-50/h9-28,31-34,49-50,55-56H,29-30,35-38H2,1-8H3. The van der Waals surface area contributed by atoms with Crippen molar-refractivity contribution in [3.8, 4) is 46.0 Å². The summed E-state index contributed by atoms with van der Waals surface area (Å²) in [6.45, 7) is 16.0. The SMILES string of the molecule is Cc1ccc(Oc2cc3c4c(cc(Oc5ccc(C)cc5C)c5c6c(Oc7ccc(C)cc7C)cc7c8c(cc(Oc9ccc(C)cc9C)c(c2c45)c86)C(=O)N(C(Cc2ccncc2)C(=O)OCC2CO2)C7=O)C(=O)N(C(Cc2ccncc2)C(=O)OCC2CO2)C3=O)c(C)c1. The quantitative estimate of drug-likeness (QED) is 0.0228. The Morgan fingerprint density at radius 2 is 0.656 bits per heavy atom. The number of carbonyl (C=O) groups excluding carboxylic acids is 6. The highest BCUT2D eigenvalue weighted by molar-refractivity contribution is 6.45. The predicted molar refractivity (Wildman–Crippen MR) is 357 cm³/mol. The summed E-state index contributed by atoms with van der Waals surface area (Å²) >= 11 is 0. The zero-order valence-corrected chi connectivity index (χ0v) is 53.9. The summed E-state index contributed by atoms with van der Waals surface area (Å²) in [7, 11) is 0. The summed E-state index contributed by atoms with van der Waals surface area (Å²) in [6, 6.07) is 32.9. The van der Waals surface area contributed by atoms with Crippen LogP contribution in [-0.4, -0.2) is 106 Å². The smallest absolute Gasteiger partial charge is 0.329 e. The molecule has 6 heterocycles. The van der Waals surface area contributed by atoms with Gasteiger partial charge < -0.3 is 37.9 Å². The van der Waals surface area contributed by atoms with Gasteiger partial charge in [0, 0.05) is 80.7 Å². The molecule has 0 aliphatic carbocycles. The third-order valence-corrected chi connectivity index (χ3v) is 18.3. The fourth-order valence-electron chi connectivity index (χ4n) is 13.5. The number of pyridine rings is 2. The number of aryl methyl sites for hydroxylation is 8. The molecule has 0 saturated carbocycles. The van der Waals surface area contributed by atoms with E-state index in [9.17, 15) is 9.59 Å². The molecule has 18 nitrogen and oxygen atoms in total. The van der Waals surface area contributed by atoms with Gasteiger partial charge in [-0.2, -0.15) is 0 Å². The number of imide groups is 2. The van der Waals surface area contributed by atoms with Crippen LogP contribution in [0, 0.1) is 55.4 Å². The van der Waals surface area contributed by atoms with Gasteiger partial charge in [0.1, 0.15) is 83.5 Å². The normalized spacial score (nSPS) is 16.2. The maximum absolute atomic E-state index is 16.3. The first-order valence-electron chi connectivity index (χ1n) is 31.8. The van der Waals surface area contributed by atoms with Gasteiger partial charge in [-0.15, -0.1) is 0 Å². The second kappa shape index (κ2) is 24.0. The van der Waals surface area contributed by atoms with Crippen LogP contribution < -0.4 is 18.9 Å². The maximum atomic E-state index is 16.3. The molecule has 0 bridgehead atoms.